The number of anilines is 1. The molecule has 0 spiro atoms. The highest BCUT2D eigenvalue weighted by Crippen LogP contribution is 2.24. The number of halogens is 1. The molecule has 1 fully saturated rings. The Labute approximate surface area is 152 Å². The van der Waals surface area contributed by atoms with Crippen LogP contribution in [0.25, 0.3) is 0 Å². The monoisotopic (exact) mass is 361 g/mol. The third-order valence-electron chi connectivity index (χ3n) is 4.71. The van der Waals surface area contributed by atoms with Crippen molar-refractivity contribution in [2.24, 2.45) is 5.92 Å². The Kier molecular flexibility index (Phi) is 6.15. The Morgan fingerprint density at radius 3 is 3.12 bits per heavy atom. The van der Waals surface area contributed by atoms with Crippen molar-refractivity contribution in [3.63, 3.8) is 0 Å². The van der Waals surface area contributed by atoms with E-state index in [-0.39, 0.29) is 11.7 Å². The van der Waals surface area contributed by atoms with Gasteiger partial charge < -0.3 is 5.32 Å². The highest BCUT2D eigenvalue weighted by Gasteiger charge is 2.21. The summed E-state index contributed by atoms with van der Waals surface area (Å²) in [6, 6.07) is 4.44. The largest absolute Gasteiger partial charge is 0.326 e. The van der Waals surface area contributed by atoms with Gasteiger partial charge in [-0.2, -0.15) is 0 Å². The summed E-state index contributed by atoms with van der Waals surface area (Å²) < 4.78 is 13.1. The van der Waals surface area contributed by atoms with Gasteiger partial charge in [0.1, 0.15) is 5.82 Å². The molecule has 1 N–H and O–H groups in total. The Balaban J connectivity index is 1.45. The van der Waals surface area contributed by atoms with Gasteiger partial charge in [-0.05, 0) is 62.4 Å². The number of thiazole rings is 1. The quantitative estimate of drug-likeness (QED) is 0.838. The van der Waals surface area contributed by atoms with Gasteiger partial charge >= 0.3 is 0 Å². The zero-order chi connectivity index (χ0) is 17.6. The van der Waals surface area contributed by atoms with Crippen molar-refractivity contribution in [3.8, 4) is 0 Å². The van der Waals surface area contributed by atoms with Crippen LogP contribution in [0.4, 0.5) is 10.1 Å². The van der Waals surface area contributed by atoms with Crippen LogP contribution in [0.3, 0.4) is 0 Å². The summed E-state index contributed by atoms with van der Waals surface area (Å²) >= 11 is 1.70. The molecule has 1 aliphatic heterocycles. The maximum Gasteiger partial charge on any atom is 0.224 e. The number of aromatic nitrogens is 1. The molecule has 1 aliphatic rings. The maximum absolute atomic E-state index is 13.1. The lowest BCUT2D eigenvalue weighted by molar-refractivity contribution is -0.116. The minimum atomic E-state index is -0.279. The van der Waals surface area contributed by atoms with E-state index in [2.05, 4.69) is 15.2 Å². The van der Waals surface area contributed by atoms with E-state index in [4.69, 9.17) is 0 Å². The summed E-state index contributed by atoms with van der Waals surface area (Å²) in [5, 5.41) is 2.90. The van der Waals surface area contributed by atoms with E-state index in [1.165, 1.54) is 29.9 Å². The van der Waals surface area contributed by atoms with Gasteiger partial charge in [0.25, 0.3) is 0 Å². The fourth-order valence-corrected chi connectivity index (χ4v) is 4.02. The number of amides is 1. The van der Waals surface area contributed by atoms with Crippen molar-refractivity contribution >= 4 is 22.9 Å². The molecular formula is C19H24FN3OS. The Morgan fingerprint density at radius 1 is 1.48 bits per heavy atom. The van der Waals surface area contributed by atoms with Gasteiger partial charge in [-0.25, -0.2) is 4.39 Å². The first-order chi connectivity index (χ1) is 12.1. The molecule has 3 rings (SSSR count). The average molecular weight is 361 g/mol. The smallest absolute Gasteiger partial charge is 0.224 e. The molecule has 0 unspecified atom stereocenters. The first-order valence-corrected chi connectivity index (χ1v) is 9.64. The molecule has 0 saturated carbocycles. The molecular weight excluding hydrogens is 337 g/mol. The number of likely N-dealkylation sites (tertiary alicyclic amines) is 1. The SMILES string of the molecule is Cc1cc(F)ccc1NC(=O)CC[C@H]1CCCN(Cc2cncs2)C1. The predicted molar refractivity (Wildman–Crippen MR) is 99.1 cm³/mol. The van der Waals surface area contributed by atoms with Gasteiger partial charge in [0.05, 0.1) is 5.51 Å². The Bertz CT molecular complexity index is 705. The summed E-state index contributed by atoms with van der Waals surface area (Å²) in [4.78, 5) is 20.1. The van der Waals surface area contributed by atoms with Gasteiger partial charge in [0.15, 0.2) is 0 Å². The molecule has 0 radical (unpaired) electrons. The van der Waals surface area contributed by atoms with Crippen LogP contribution in [0.5, 0.6) is 0 Å². The molecule has 0 aliphatic carbocycles. The number of benzene rings is 1. The van der Waals surface area contributed by atoms with E-state index >= 15 is 0 Å². The second kappa shape index (κ2) is 8.54. The predicted octanol–water partition coefficient (Wildman–Crippen LogP) is 4.22. The molecule has 0 bridgehead atoms. The topological polar surface area (TPSA) is 45.2 Å². The highest BCUT2D eigenvalue weighted by atomic mass is 32.1. The lowest BCUT2D eigenvalue weighted by Gasteiger charge is -2.32. The maximum atomic E-state index is 13.1. The van der Waals surface area contributed by atoms with Crippen LogP contribution in [0, 0.1) is 18.7 Å². The summed E-state index contributed by atoms with van der Waals surface area (Å²) in [7, 11) is 0. The van der Waals surface area contributed by atoms with Crippen LogP contribution in [0.15, 0.2) is 29.9 Å². The van der Waals surface area contributed by atoms with Crippen LogP contribution in [-0.4, -0.2) is 28.9 Å². The van der Waals surface area contributed by atoms with E-state index in [9.17, 15) is 9.18 Å². The minimum Gasteiger partial charge on any atom is -0.326 e. The van der Waals surface area contributed by atoms with E-state index in [0.29, 0.717) is 18.0 Å². The second-order valence-electron chi connectivity index (χ2n) is 6.76. The normalized spacial score (nSPS) is 18.2. The summed E-state index contributed by atoms with van der Waals surface area (Å²) in [6.45, 7) is 4.93. The first-order valence-electron chi connectivity index (χ1n) is 8.76. The van der Waals surface area contributed by atoms with Crippen LogP contribution in [0.2, 0.25) is 0 Å². The summed E-state index contributed by atoms with van der Waals surface area (Å²) in [5.41, 5.74) is 3.32. The zero-order valence-corrected chi connectivity index (χ0v) is 15.3. The van der Waals surface area contributed by atoms with Crippen molar-refractivity contribution in [2.75, 3.05) is 18.4 Å². The lowest BCUT2D eigenvalue weighted by atomic mass is 9.93. The molecule has 1 aromatic carbocycles. The molecule has 134 valence electrons. The molecule has 4 nitrogen and oxygen atoms in total. The van der Waals surface area contributed by atoms with Crippen molar-refractivity contribution in [3.05, 3.63) is 46.2 Å². The molecule has 2 heterocycles. The summed E-state index contributed by atoms with van der Waals surface area (Å²) in [5.74, 6) is 0.287. The molecule has 1 aromatic heterocycles. The van der Waals surface area contributed by atoms with E-state index in [1.807, 2.05) is 11.7 Å². The second-order valence-corrected chi connectivity index (χ2v) is 7.73. The molecule has 1 atom stereocenters. The van der Waals surface area contributed by atoms with Crippen molar-refractivity contribution in [1.82, 2.24) is 9.88 Å². The molecule has 1 amide bonds. The van der Waals surface area contributed by atoms with Crippen molar-refractivity contribution in [2.45, 2.75) is 39.2 Å². The standard InChI is InChI=1S/C19H24FN3OS/c1-14-9-16(20)5-6-18(14)22-19(24)7-4-15-3-2-8-23(11-15)12-17-10-21-13-25-17/h5-6,9-10,13,15H,2-4,7-8,11-12H2,1H3,(H,22,24)/t15-/m1/s1. The molecule has 2 aromatic rings. The fourth-order valence-electron chi connectivity index (χ4n) is 3.39. The number of carbonyl (C=O) groups is 1. The Hall–Kier alpha value is -1.79. The molecule has 25 heavy (non-hydrogen) atoms. The van der Waals surface area contributed by atoms with Crippen LogP contribution < -0.4 is 5.32 Å². The van der Waals surface area contributed by atoms with Crippen molar-refractivity contribution in [1.29, 1.82) is 0 Å². The number of rotatable bonds is 6. The first kappa shape index (κ1) is 18.0. The van der Waals surface area contributed by atoms with Gasteiger partial charge in [0.2, 0.25) is 5.91 Å². The average Bonchev–Trinajstić information content (AvgIpc) is 3.09. The van der Waals surface area contributed by atoms with Crippen LogP contribution in [0.1, 0.15) is 36.1 Å². The highest BCUT2D eigenvalue weighted by molar-refractivity contribution is 7.09. The van der Waals surface area contributed by atoms with Crippen molar-refractivity contribution < 1.29 is 9.18 Å². The van der Waals surface area contributed by atoms with E-state index in [0.717, 1.165) is 31.6 Å². The van der Waals surface area contributed by atoms with Gasteiger partial charge in [-0.15, -0.1) is 11.3 Å². The zero-order valence-electron chi connectivity index (χ0n) is 14.5. The number of nitrogens with zero attached hydrogens (tertiary/aromatic N) is 2. The number of aryl methyl sites for hydroxylation is 1. The molecule has 1 saturated heterocycles. The number of piperidine rings is 1. The number of carbonyl (C=O) groups excluding carboxylic acids is 1. The van der Waals surface area contributed by atoms with Crippen LogP contribution >= 0.6 is 11.3 Å². The third kappa shape index (κ3) is 5.34. The fraction of sp³-hybridized carbons (Fsp3) is 0.474. The molecule has 6 heteroatoms. The third-order valence-corrected chi connectivity index (χ3v) is 5.47. The van der Waals surface area contributed by atoms with E-state index < -0.39 is 0 Å². The minimum absolute atomic E-state index is 0.00860. The van der Waals surface area contributed by atoms with Crippen LogP contribution in [-0.2, 0) is 11.3 Å². The summed E-state index contributed by atoms with van der Waals surface area (Å²) in [6.07, 6.45) is 5.71. The van der Waals surface area contributed by atoms with Gasteiger partial charge in [-0.3, -0.25) is 14.7 Å². The Morgan fingerprint density at radius 2 is 2.36 bits per heavy atom. The van der Waals surface area contributed by atoms with Gasteiger partial charge in [-0.1, -0.05) is 0 Å². The number of hydrogen-bond donors (Lipinski definition) is 1. The number of hydrogen-bond acceptors (Lipinski definition) is 4. The van der Waals surface area contributed by atoms with E-state index in [1.54, 1.807) is 24.3 Å². The van der Waals surface area contributed by atoms with Gasteiger partial charge in [0, 0.05) is 36.3 Å². The lowest BCUT2D eigenvalue weighted by Crippen LogP contribution is -2.35. The number of nitrogens with one attached hydrogen (secondary N) is 1.